The highest BCUT2D eigenvalue weighted by atomic mass is 35.5. The van der Waals surface area contributed by atoms with Crippen LogP contribution in [0.5, 0.6) is 5.75 Å². The lowest BCUT2D eigenvalue weighted by molar-refractivity contribution is -0.133. The SMILES string of the molecule is CC1Oc2ccccc2N(CCC(=O)N(C)CC(=O)Nc2c(Cl)cccc2Cl)C1=O. The molecule has 0 spiro atoms. The molecule has 0 radical (unpaired) electrons. The summed E-state index contributed by atoms with van der Waals surface area (Å²) >= 11 is 12.1. The lowest BCUT2D eigenvalue weighted by atomic mass is 10.1. The van der Waals surface area contributed by atoms with Crippen LogP contribution < -0.4 is 15.0 Å². The molecule has 0 saturated heterocycles. The second-order valence-electron chi connectivity index (χ2n) is 6.86. The third-order valence-electron chi connectivity index (χ3n) is 4.66. The number of hydrogen-bond donors (Lipinski definition) is 1. The predicted octanol–water partition coefficient (Wildman–Crippen LogP) is 3.59. The van der Waals surface area contributed by atoms with E-state index in [2.05, 4.69) is 5.32 Å². The fourth-order valence-electron chi connectivity index (χ4n) is 3.09. The van der Waals surface area contributed by atoms with Gasteiger partial charge in [-0.3, -0.25) is 14.4 Å². The molecule has 1 unspecified atom stereocenters. The van der Waals surface area contributed by atoms with Gasteiger partial charge in [-0.1, -0.05) is 41.4 Å². The number of carbonyl (C=O) groups excluding carboxylic acids is 3. The number of nitrogens with zero attached hydrogens (tertiary/aromatic N) is 2. The first-order chi connectivity index (χ1) is 14.3. The first-order valence-electron chi connectivity index (χ1n) is 9.33. The third kappa shape index (κ3) is 4.86. The minimum absolute atomic E-state index is 0.0590. The molecule has 9 heteroatoms. The summed E-state index contributed by atoms with van der Waals surface area (Å²) in [6.07, 6.45) is -0.567. The first-order valence-corrected chi connectivity index (χ1v) is 10.1. The average molecular weight is 450 g/mol. The van der Waals surface area contributed by atoms with E-state index >= 15 is 0 Å². The van der Waals surface area contributed by atoms with Gasteiger partial charge in [0.15, 0.2) is 6.10 Å². The van der Waals surface area contributed by atoms with Gasteiger partial charge in [-0.05, 0) is 31.2 Å². The van der Waals surface area contributed by atoms with Crippen molar-refractivity contribution in [3.63, 3.8) is 0 Å². The van der Waals surface area contributed by atoms with Gasteiger partial charge in [-0.25, -0.2) is 0 Å². The molecule has 0 aromatic heterocycles. The number of benzene rings is 2. The zero-order chi connectivity index (χ0) is 21.8. The number of para-hydroxylation sites is 3. The van der Waals surface area contributed by atoms with Crippen molar-refractivity contribution < 1.29 is 19.1 Å². The van der Waals surface area contributed by atoms with Crippen molar-refractivity contribution in [1.29, 1.82) is 0 Å². The van der Waals surface area contributed by atoms with Crippen LogP contribution in [-0.4, -0.2) is 48.9 Å². The summed E-state index contributed by atoms with van der Waals surface area (Å²) in [5.74, 6) is -0.321. The summed E-state index contributed by atoms with van der Waals surface area (Å²) in [7, 11) is 1.52. The molecule has 0 fully saturated rings. The van der Waals surface area contributed by atoms with Crippen molar-refractivity contribution in [2.75, 3.05) is 30.4 Å². The van der Waals surface area contributed by atoms with Crippen LogP contribution in [-0.2, 0) is 14.4 Å². The maximum absolute atomic E-state index is 12.5. The van der Waals surface area contributed by atoms with E-state index in [-0.39, 0.29) is 31.3 Å². The number of fused-ring (bicyclic) bond motifs is 1. The van der Waals surface area contributed by atoms with Crippen LogP contribution in [0.1, 0.15) is 13.3 Å². The number of nitrogens with one attached hydrogen (secondary N) is 1. The lowest BCUT2D eigenvalue weighted by Gasteiger charge is -2.33. The molecule has 3 rings (SSSR count). The van der Waals surface area contributed by atoms with Crippen LogP contribution in [0.25, 0.3) is 0 Å². The van der Waals surface area contributed by atoms with Crippen LogP contribution in [0, 0.1) is 0 Å². The van der Waals surface area contributed by atoms with Gasteiger partial charge in [-0.2, -0.15) is 0 Å². The molecule has 1 atom stereocenters. The molecule has 7 nitrogen and oxygen atoms in total. The summed E-state index contributed by atoms with van der Waals surface area (Å²) < 4.78 is 5.60. The maximum Gasteiger partial charge on any atom is 0.267 e. The lowest BCUT2D eigenvalue weighted by Crippen LogP contribution is -2.46. The molecule has 0 saturated carbocycles. The zero-order valence-corrected chi connectivity index (χ0v) is 18.0. The molecule has 0 aliphatic carbocycles. The Labute approximate surface area is 184 Å². The van der Waals surface area contributed by atoms with Crippen molar-refractivity contribution in [1.82, 2.24) is 4.90 Å². The number of anilines is 2. The van der Waals surface area contributed by atoms with E-state index in [1.165, 1.54) is 11.9 Å². The maximum atomic E-state index is 12.5. The minimum Gasteiger partial charge on any atom is -0.479 e. The normalized spacial score (nSPS) is 15.3. The molecule has 1 aliphatic heterocycles. The Morgan fingerprint density at radius 3 is 2.50 bits per heavy atom. The van der Waals surface area contributed by atoms with Crippen LogP contribution in [0.4, 0.5) is 11.4 Å². The summed E-state index contributed by atoms with van der Waals surface area (Å²) in [6, 6.07) is 12.1. The Bertz CT molecular complexity index is 962. The smallest absolute Gasteiger partial charge is 0.267 e. The van der Waals surface area contributed by atoms with Crippen LogP contribution in [0.2, 0.25) is 10.0 Å². The molecule has 2 aromatic carbocycles. The number of likely N-dealkylation sites (N-methyl/N-ethyl adjacent to an activating group) is 1. The number of ether oxygens (including phenoxy) is 1. The summed E-state index contributed by atoms with van der Waals surface area (Å²) in [5.41, 5.74) is 0.929. The topological polar surface area (TPSA) is 79.0 Å². The second-order valence-corrected chi connectivity index (χ2v) is 7.68. The summed E-state index contributed by atoms with van der Waals surface area (Å²) in [5, 5.41) is 3.24. The van der Waals surface area contributed by atoms with Crippen LogP contribution in [0.3, 0.4) is 0 Å². The van der Waals surface area contributed by atoms with Gasteiger partial charge in [-0.15, -0.1) is 0 Å². The highest BCUT2D eigenvalue weighted by Crippen LogP contribution is 2.33. The van der Waals surface area contributed by atoms with Crippen molar-refractivity contribution in [2.24, 2.45) is 0 Å². The van der Waals surface area contributed by atoms with E-state index < -0.39 is 12.0 Å². The standard InChI is InChI=1S/C21H21Cl2N3O4/c1-13-21(29)26(16-8-3-4-9-17(16)30-13)11-10-19(28)25(2)12-18(27)24-20-14(22)6-5-7-15(20)23/h3-9,13H,10-12H2,1-2H3,(H,24,27). The molecule has 0 bridgehead atoms. The molecular weight excluding hydrogens is 429 g/mol. The van der Waals surface area contributed by atoms with Gasteiger partial charge in [0.25, 0.3) is 5.91 Å². The highest BCUT2D eigenvalue weighted by Gasteiger charge is 2.31. The fraction of sp³-hybridized carbons (Fsp3) is 0.286. The molecule has 1 N–H and O–H groups in total. The van der Waals surface area contributed by atoms with Crippen LogP contribution >= 0.6 is 23.2 Å². The third-order valence-corrected chi connectivity index (χ3v) is 5.29. The average Bonchev–Trinajstić information content (AvgIpc) is 2.71. The molecule has 3 amide bonds. The van der Waals surface area contributed by atoms with Crippen molar-refractivity contribution in [3.8, 4) is 5.75 Å². The van der Waals surface area contributed by atoms with Gasteiger partial charge in [0.2, 0.25) is 11.8 Å². The number of amides is 3. The molecule has 2 aromatic rings. The van der Waals surface area contributed by atoms with Gasteiger partial charge in [0.1, 0.15) is 5.75 Å². The summed E-state index contributed by atoms with van der Waals surface area (Å²) in [6.45, 7) is 1.68. The number of carbonyl (C=O) groups is 3. The monoisotopic (exact) mass is 449 g/mol. The van der Waals surface area contributed by atoms with E-state index in [4.69, 9.17) is 27.9 Å². The minimum atomic E-state index is -0.626. The largest absolute Gasteiger partial charge is 0.479 e. The number of hydrogen-bond acceptors (Lipinski definition) is 4. The Morgan fingerprint density at radius 1 is 1.13 bits per heavy atom. The molecule has 30 heavy (non-hydrogen) atoms. The molecule has 158 valence electrons. The number of halogens is 2. The Morgan fingerprint density at radius 2 is 1.80 bits per heavy atom. The highest BCUT2D eigenvalue weighted by molar-refractivity contribution is 6.39. The van der Waals surface area contributed by atoms with Crippen molar-refractivity contribution in [2.45, 2.75) is 19.4 Å². The van der Waals surface area contributed by atoms with E-state index in [1.807, 2.05) is 6.07 Å². The van der Waals surface area contributed by atoms with Crippen molar-refractivity contribution >= 4 is 52.3 Å². The fourth-order valence-corrected chi connectivity index (χ4v) is 3.58. The predicted molar refractivity (Wildman–Crippen MR) is 116 cm³/mol. The van der Waals surface area contributed by atoms with E-state index in [9.17, 15) is 14.4 Å². The Kier molecular flexibility index (Phi) is 6.84. The molecule has 1 aliphatic rings. The van der Waals surface area contributed by atoms with E-state index in [0.29, 0.717) is 27.2 Å². The van der Waals surface area contributed by atoms with E-state index in [0.717, 1.165) is 0 Å². The molecule has 1 heterocycles. The quantitative estimate of drug-likeness (QED) is 0.730. The molecular formula is C21H21Cl2N3O4. The van der Waals surface area contributed by atoms with E-state index in [1.54, 1.807) is 48.2 Å². The van der Waals surface area contributed by atoms with Gasteiger partial charge in [0.05, 0.1) is 28.0 Å². The second kappa shape index (κ2) is 9.36. The van der Waals surface area contributed by atoms with Gasteiger partial charge in [0, 0.05) is 20.0 Å². The summed E-state index contributed by atoms with van der Waals surface area (Å²) in [4.78, 5) is 40.2. The van der Waals surface area contributed by atoms with Crippen molar-refractivity contribution in [3.05, 3.63) is 52.5 Å². The first kappa shape index (κ1) is 21.9. The Hall–Kier alpha value is -2.77. The number of rotatable bonds is 6. The van der Waals surface area contributed by atoms with Crippen LogP contribution in [0.15, 0.2) is 42.5 Å². The van der Waals surface area contributed by atoms with Gasteiger partial charge >= 0.3 is 0 Å². The zero-order valence-electron chi connectivity index (χ0n) is 16.5. The van der Waals surface area contributed by atoms with Gasteiger partial charge < -0.3 is 19.9 Å². The Balaban J connectivity index is 1.58.